The van der Waals surface area contributed by atoms with Crippen molar-refractivity contribution < 1.29 is 35.9 Å². The summed E-state index contributed by atoms with van der Waals surface area (Å²) in [6, 6.07) is 1.06. The molecule has 0 aromatic heterocycles. The zero-order chi connectivity index (χ0) is 15.7. The smallest absolute Gasteiger partial charge is 0.419 e. The summed E-state index contributed by atoms with van der Waals surface area (Å²) >= 11 is 0. The summed E-state index contributed by atoms with van der Waals surface area (Å²) in [6.45, 7) is -0.898. The quantitative estimate of drug-likeness (QED) is 0.856. The molecule has 0 aliphatic rings. The number of nitrogens with zero attached hydrogens (tertiary/aromatic N) is 1. The molecule has 5 nitrogen and oxygen atoms in total. The van der Waals surface area contributed by atoms with Crippen LogP contribution in [0.2, 0.25) is 0 Å². The van der Waals surface area contributed by atoms with E-state index in [4.69, 9.17) is 5.11 Å². The van der Waals surface area contributed by atoms with Gasteiger partial charge in [-0.05, 0) is 18.2 Å². The monoisotopic (exact) mass is 315 g/mol. The number of benzene rings is 1. The number of likely N-dealkylation sites (N-methyl/N-ethyl adjacent to an activating group) is 1. The minimum absolute atomic E-state index is 0.205. The van der Waals surface area contributed by atoms with Gasteiger partial charge in [0.2, 0.25) is 10.0 Å². The highest BCUT2D eigenvalue weighted by Gasteiger charge is 2.35. The van der Waals surface area contributed by atoms with Crippen molar-refractivity contribution in [1.29, 1.82) is 0 Å². The Morgan fingerprint density at radius 1 is 1.35 bits per heavy atom. The molecule has 0 heterocycles. The topological polar surface area (TPSA) is 74.7 Å². The molecular weight excluding hydrogens is 306 g/mol. The van der Waals surface area contributed by atoms with Gasteiger partial charge in [0.25, 0.3) is 0 Å². The molecule has 1 aromatic carbocycles. The fraction of sp³-hybridized carbons (Fsp3) is 0.300. The lowest BCUT2D eigenvalue weighted by Gasteiger charge is -2.16. The van der Waals surface area contributed by atoms with Crippen LogP contribution in [0.15, 0.2) is 23.1 Å². The first-order valence-electron chi connectivity index (χ1n) is 5.01. The molecule has 10 heteroatoms. The first kappa shape index (κ1) is 16.4. The Kier molecular flexibility index (Phi) is 4.39. The van der Waals surface area contributed by atoms with E-state index in [2.05, 4.69) is 0 Å². The van der Waals surface area contributed by atoms with E-state index >= 15 is 0 Å². The number of hydrogen-bond donors (Lipinski definition) is 1. The summed E-state index contributed by atoms with van der Waals surface area (Å²) in [4.78, 5) is 9.65. The second-order valence-electron chi connectivity index (χ2n) is 3.79. The Morgan fingerprint density at radius 3 is 2.30 bits per heavy atom. The Bertz CT molecular complexity index is 627. The van der Waals surface area contributed by atoms with Crippen molar-refractivity contribution in [3.8, 4) is 0 Å². The minimum Gasteiger partial charge on any atom is -0.480 e. The first-order valence-corrected chi connectivity index (χ1v) is 6.45. The maximum Gasteiger partial charge on any atom is 0.419 e. The average Bonchev–Trinajstić information content (AvgIpc) is 2.25. The minimum atomic E-state index is -4.95. The number of halogens is 4. The third-order valence-electron chi connectivity index (χ3n) is 2.31. The number of aliphatic carboxylic acids is 1. The molecule has 112 valence electrons. The molecule has 0 atom stereocenters. The lowest BCUT2D eigenvalue weighted by molar-refractivity contribution is -0.140. The molecule has 0 saturated carbocycles. The number of hydrogen-bond acceptors (Lipinski definition) is 3. The second-order valence-corrected chi connectivity index (χ2v) is 5.84. The van der Waals surface area contributed by atoms with Gasteiger partial charge in [0.05, 0.1) is 10.5 Å². The molecule has 0 bridgehead atoms. The van der Waals surface area contributed by atoms with E-state index in [0.29, 0.717) is 10.4 Å². The predicted octanol–water partition coefficient (Wildman–Crippen LogP) is 1.55. The van der Waals surface area contributed by atoms with Crippen LogP contribution < -0.4 is 0 Å². The zero-order valence-corrected chi connectivity index (χ0v) is 10.8. The van der Waals surface area contributed by atoms with Gasteiger partial charge in [0.1, 0.15) is 12.4 Å². The van der Waals surface area contributed by atoms with Gasteiger partial charge in [-0.2, -0.15) is 17.5 Å². The fourth-order valence-corrected chi connectivity index (χ4v) is 2.47. The van der Waals surface area contributed by atoms with Crippen LogP contribution in [0, 0.1) is 5.82 Å². The van der Waals surface area contributed by atoms with E-state index in [0.717, 1.165) is 7.05 Å². The molecule has 0 aliphatic carbocycles. The van der Waals surface area contributed by atoms with Crippen LogP contribution in [-0.2, 0) is 21.0 Å². The van der Waals surface area contributed by atoms with Crippen molar-refractivity contribution in [2.24, 2.45) is 0 Å². The number of sulfonamides is 1. The Labute approximate surface area is 111 Å². The highest BCUT2D eigenvalue weighted by Crippen LogP contribution is 2.32. The third kappa shape index (κ3) is 3.45. The third-order valence-corrected chi connectivity index (χ3v) is 4.11. The van der Waals surface area contributed by atoms with Crippen molar-refractivity contribution >= 4 is 16.0 Å². The molecule has 1 rings (SSSR count). The van der Waals surface area contributed by atoms with Gasteiger partial charge >= 0.3 is 12.1 Å². The molecule has 0 spiro atoms. The van der Waals surface area contributed by atoms with Gasteiger partial charge in [-0.25, -0.2) is 12.8 Å². The SMILES string of the molecule is CN(CC(=O)O)S(=O)(=O)c1ccc(C(F)(F)F)c(F)c1. The van der Waals surface area contributed by atoms with Gasteiger partial charge in [-0.15, -0.1) is 0 Å². The van der Waals surface area contributed by atoms with E-state index in [1.54, 1.807) is 0 Å². The molecule has 0 fully saturated rings. The number of carbonyl (C=O) groups is 1. The van der Waals surface area contributed by atoms with E-state index < -0.39 is 45.0 Å². The summed E-state index contributed by atoms with van der Waals surface area (Å²) in [6.07, 6.45) is -4.95. The molecule has 20 heavy (non-hydrogen) atoms. The van der Waals surface area contributed by atoms with E-state index in [9.17, 15) is 30.8 Å². The number of carboxylic acid groups (broad SMARTS) is 1. The van der Waals surface area contributed by atoms with Crippen LogP contribution in [0.4, 0.5) is 17.6 Å². The Hall–Kier alpha value is -1.68. The first-order chi connectivity index (χ1) is 8.96. The van der Waals surface area contributed by atoms with E-state index in [1.165, 1.54) is 0 Å². The van der Waals surface area contributed by atoms with Crippen LogP contribution >= 0.6 is 0 Å². The van der Waals surface area contributed by atoms with Crippen molar-refractivity contribution in [2.45, 2.75) is 11.1 Å². The predicted molar refractivity (Wildman–Crippen MR) is 58.9 cm³/mol. The van der Waals surface area contributed by atoms with E-state index in [1.807, 2.05) is 0 Å². The molecule has 1 N–H and O–H groups in total. The highest BCUT2D eigenvalue weighted by atomic mass is 32.2. The van der Waals surface area contributed by atoms with Gasteiger partial charge in [0.15, 0.2) is 0 Å². The molecule has 0 saturated heterocycles. The largest absolute Gasteiger partial charge is 0.480 e. The molecule has 0 aliphatic heterocycles. The Morgan fingerprint density at radius 2 is 1.90 bits per heavy atom. The molecule has 0 amide bonds. The molecular formula is C10H9F4NO4S. The van der Waals surface area contributed by atoms with Crippen LogP contribution in [0.1, 0.15) is 5.56 Å². The van der Waals surface area contributed by atoms with Gasteiger partial charge in [0, 0.05) is 7.05 Å². The van der Waals surface area contributed by atoms with Crippen molar-refractivity contribution in [1.82, 2.24) is 4.31 Å². The molecule has 0 unspecified atom stereocenters. The fourth-order valence-electron chi connectivity index (χ4n) is 1.34. The maximum absolute atomic E-state index is 13.3. The molecule has 0 radical (unpaired) electrons. The number of rotatable bonds is 4. The summed E-state index contributed by atoms with van der Waals surface area (Å²) in [5.74, 6) is -3.20. The highest BCUT2D eigenvalue weighted by molar-refractivity contribution is 7.89. The van der Waals surface area contributed by atoms with Crippen LogP contribution in [0.25, 0.3) is 0 Å². The normalized spacial score (nSPS) is 12.7. The lowest BCUT2D eigenvalue weighted by Crippen LogP contribution is -2.32. The van der Waals surface area contributed by atoms with Crippen molar-refractivity contribution in [3.05, 3.63) is 29.6 Å². The average molecular weight is 315 g/mol. The maximum atomic E-state index is 13.3. The van der Waals surface area contributed by atoms with Gasteiger partial charge in [-0.1, -0.05) is 0 Å². The summed E-state index contributed by atoms with van der Waals surface area (Å²) in [7, 11) is -3.46. The number of carboxylic acids is 1. The summed E-state index contributed by atoms with van der Waals surface area (Å²) < 4.78 is 74.3. The Balaban J connectivity index is 3.22. The van der Waals surface area contributed by atoms with Crippen LogP contribution in [0.5, 0.6) is 0 Å². The summed E-state index contributed by atoms with van der Waals surface area (Å²) in [5.41, 5.74) is -1.60. The second kappa shape index (κ2) is 5.37. The van der Waals surface area contributed by atoms with Gasteiger partial charge < -0.3 is 5.11 Å². The standard InChI is InChI=1S/C10H9F4NO4S/c1-15(5-9(16)17)20(18,19)6-2-3-7(8(11)4-6)10(12,13)14/h2-4H,5H2,1H3,(H,16,17). The zero-order valence-electron chi connectivity index (χ0n) is 9.98. The van der Waals surface area contributed by atoms with Crippen molar-refractivity contribution in [2.75, 3.05) is 13.6 Å². The number of alkyl halides is 3. The van der Waals surface area contributed by atoms with Gasteiger partial charge in [-0.3, -0.25) is 4.79 Å². The van der Waals surface area contributed by atoms with E-state index in [-0.39, 0.29) is 12.1 Å². The lowest BCUT2D eigenvalue weighted by atomic mass is 10.2. The summed E-state index contributed by atoms with van der Waals surface area (Å²) in [5, 5.41) is 8.47. The van der Waals surface area contributed by atoms with Crippen LogP contribution in [0.3, 0.4) is 0 Å². The van der Waals surface area contributed by atoms with Crippen molar-refractivity contribution in [3.63, 3.8) is 0 Å². The van der Waals surface area contributed by atoms with Crippen LogP contribution in [-0.4, -0.2) is 37.4 Å². The molecule has 1 aromatic rings.